The summed E-state index contributed by atoms with van der Waals surface area (Å²) in [6.07, 6.45) is 4.31. The van der Waals surface area contributed by atoms with Crippen molar-refractivity contribution in [2.24, 2.45) is 0 Å². The molecule has 1 aromatic carbocycles. The van der Waals surface area contributed by atoms with Crippen molar-refractivity contribution in [3.63, 3.8) is 0 Å². The van der Waals surface area contributed by atoms with Crippen LogP contribution in [0, 0.1) is 0 Å². The molecule has 0 saturated heterocycles. The van der Waals surface area contributed by atoms with E-state index in [-0.39, 0.29) is 0 Å². The molecule has 0 aliphatic heterocycles. The van der Waals surface area contributed by atoms with Gasteiger partial charge in [-0.15, -0.1) is 0 Å². The molecule has 0 unspecified atom stereocenters. The van der Waals surface area contributed by atoms with Crippen molar-refractivity contribution in [1.82, 2.24) is 0 Å². The SMILES string of the molecule is CC(C)O[C@@H]1CCCc2ccccc21. The first-order valence-corrected chi connectivity index (χ1v) is 5.50. The lowest BCUT2D eigenvalue weighted by Crippen LogP contribution is -2.16. The van der Waals surface area contributed by atoms with Crippen molar-refractivity contribution < 1.29 is 4.74 Å². The van der Waals surface area contributed by atoms with E-state index in [1.165, 1.54) is 30.4 Å². The summed E-state index contributed by atoms with van der Waals surface area (Å²) in [5, 5.41) is 0. The predicted octanol–water partition coefficient (Wildman–Crippen LogP) is 3.49. The summed E-state index contributed by atoms with van der Waals surface area (Å²) in [6, 6.07) is 8.67. The topological polar surface area (TPSA) is 9.23 Å². The zero-order chi connectivity index (χ0) is 9.97. The average Bonchev–Trinajstić information content (AvgIpc) is 2.18. The summed E-state index contributed by atoms with van der Waals surface area (Å²) >= 11 is 0. The molecule has 0 saturated carbocycles. The van der Waals surface area contributed by atoms with Gasteiger partial charge in [0.15, 0.2) is 0 Å². The van der Waals surface area contributed by atoms with Crippen LogP contribution in [0.4, 0.5) is 0 Å². The zero-order valence-corrected chi connectivity index (χ0v) is 8.99. The number of hydrogen-bond acceptors (Lipinski definition) is 1. The highest BCUT2D eigenvalue weighted by molar-refractivity contribution is 5.31. The molecule has 1 aromatic rings. The number of benzene rings is 1. The van der Waals surface area contributed by atoms with Gasteiger partial charge in [-0.2, -0.15) is 0 Å². The van der Waals surface area contributed by atoms with Crippen molar-refractivity contribution in [3.8, 4) is 0 Å². The van der Waals surface area contributed by atoms with E-state index >= 15 is 0 Å². The molecule has 0 aromatic heterocycles. The first-order valence-electron chi connectivity index (χ1n) is 5.50. The van der Waals surface area contributed by atoms with Crippen molar-refractivity contribution >= 4 is 0 Å². The highest BCUT2D eigenvalue weighted by atomic mass is 16.5. The molecule has 14 heavy (non-hydrogen) atoms. The maximum absolute atomic E-state index is 5.92. The van der Waals surface area contributed by atoms with Crippen molar-refractivity contribution in [1.29, 1.82) is 0 Å². The molecule has 1 heteroatoms. The zero-order valence-electron chi connectivity index (χ0n) is 8.99. The molecular weight excluding hydrogens is 172 g/mol. The number of rotatable bonds is 2. The molecule has 0 spiro atoms. The number of fused-ring (bicyclic) bond motifs is 1. The van der Waals surface area contributed by atoms with Gasteiger partial charge in [-0.3, -0.25) is 0 Å². The van der Waals surface area contributed by atoms with Crippen LogP contribution in [0.1, 0.15) is 43.9 Å². The second kappa shape index (κ2) is 4.14. The van der Waals surface area contributed by atoms with Gasteiger partial charge in [-0.1, -0.05) is 24.3 Å². The van der Waals surface area contributed by atoms with E-state index < -0.39 is 0 Å². The number of aryl methyl sites for hydroxylation is 1. The van der Waals surface area contributed by atoms with E-state index in [4.69, 9.17) is 4.74 Å². The summed E-state index contributed by atoms with van der Waals surface area (Å²) in [4.78, 5) is 0. The van der Waals surface area contributed by atoms with Gasteiger partial charge < -0.3 is 4.74 Å². The van der Waals surface area contributed by atoms with Crippen LogP contribution in [0.2, 0.25) is 0 Å². The van der Waals surface area contributed by atoms with Gasteiger partial charge >= 0.3 is 0 Å². The van der Waals surface area contributed by atoms with Crippen LogP contribution in [0.25, 0.3) is 0 Å². The molecule has 2 rings (SSSR count). The Balaban J connectivity index is 2.22. The van der Waals surface area contributed by atoms with Gasteiger partial charge in [-0.25, -0.2) is 0 Å². The fraction of sp³-hybridized carbons (Fsp3) is 0.538. The van der Waals surface area contributed by atoms with Gasteiger partial charge in [0.25, 0.3) is 0 Å². The van der Waals surface area contributed by atoms with Crippen LogP contribution in [0.3, 0.4) is 0 Å². The van der Waals surface area contributed by atoms with Crippen LogP contribution < -0.4 is 0 Å². The Morgan fingerprint density at radius 2 is 2.07 bits per heavy atom. The molecule has 0 heterocycles. The van der Waals surface area contributed by atoms with Crippen molar-refractivity contribution in [3.05, 3.63) is 35.4 Å². The van der Waals surface area contributed by atoms with Crippen LogP contribution >= 0.6 is 0 Å². The highest BCUT2D eigenvalue weighted by Gasteiger charge is 2.20. The number of ether oxygens (including phenoxy) is 1. The molecule has 1 atom stereocenters. The smallest absolute Gasteiger partial charge is 0.0831 e. The summed E-state index contributed by atoms with van der Waals surface area (Å²) in [7, 11) is 0. The maximum atomic E-state index is 5.92. The second-order valence-corrected chi connectivity index (χ2v) is 4.26. The Bertz CT molecular complexity index is 304. The minimum atomic E-state index is 0.325. The van der Waals surface area contributed by atoms with E-state index in [0.717, 1.165) is 0 Å². The van der Waals surface area contributed by atoms with E-state index in [0.29, 0.717) is 12.2 Å². The Kier molecular flexibility index (Phi) is 2.87. The lowest BCUT2D eigenvalue weighted by molar-refractivity contribution is -0.00294. The lowest BCUT2D eigenvalue weighted by Gasteiger charge is -2.27. The minimum absolute atomic E-state index is 0.325. The van der Waals surface area contributed by atoms with E-state index in [1.807, 2.05) is 0 Å². The van der Waals surface area contributed by atoms with Gasteiger partial charge in [0.1, 0.15) is 0 Å². The van der Waals surface area contributed by atoms with Gasteiger partial charge in [0.05, 0.1) is 12.2 Å². The molecule has 0 amide bonds. The van der Waals surface area contributed by atoms with Crippen LogP contribution in [-0.4, -0.2) is 6.10 Å². The predicted molar refractivity (Wildman–Crippen MR) is 58.3 cm³/mol. The molecule has 0 N–H and O–H groups in total. The molecule has 0 radical (unpaired) electrons. The van der Waals surface area contributed by atoms with E-state index in [2.05, 4.69) is 38.1 Å². The first-order chi connectivity index (χ1) is 6.77. The summed E-state index contributed by atoms with van der Waals surface area (Å²) in [6.45, 7) is 4.22. The highest BCUT2D eigenvalue weighted by Crippen LogP contribution is 2.32. The normalized spacial score (nSPS) is 20.9. The molecule has 76 valence electrons. The van der Waals surface area contributed by atoms with Gasteiger partial charge in [-0.05, 0) is 44.2 Å². The first kappa shape index (κ1) is 9.72. The van der Waals surface area contributed by atoms with Gasteiger partial charge in [0.2, 0.25) is 0 Å². The Morgan fingerprint density at radius 3 is 2.86 bits per heavy atom. The monoisotopic (exact) mass is 190 g/mol. The van der Waals surface area contributed by atoms with Crippen LogP contribution in [0.15, 0.2) is 24.3 Å². The molecular formula is C13H18O. The molecule has 0 bridgehead atoms. The Morgan fingerprint density at radius 1 is 1.29 bits per heavy atom. The lowest BCUT2D eigenvalue weighted by atomic mass is 9.89. The minimum Gasteiger partial charge on any atom is -0.371 e. The quantitative estimate of drug-likeness (QED) is 0.693. The van der Waals surface area contributed by atoms with Crippen LogP contribution in [-0.2, 0) is 11.2 Å². The Hall–Kier alpha value is -0.820. The van der Waals surface area contributed by atoms with E-state index in [1.54, 1.807) is 0 Å². The summed E-state index contributed by atoms with van der Waals surface area (Å²) in [5.41, 5.74) is 2.89. The fourth-order valence-corrected chi connectivity index (χ4v) is 2.18. The third-order valence-corrected chi connectivity index (χ3v) is 2.75. The van der Waals surface area contributed by atoms with Crippen molar-refractivity contribution in [2.75, 3.05) is 0 Å². The standard InChI is InChI=1S/C13H18O/c1-10(2)14-13-9-5-7-11-6-3-4-8-12(11)13/h3-4,6,8,10,13H,5,7,9H2,1-2H3/t13-/m1/s1. The molecule has 1 aliphatic rings. The third-order valence-electron chi connectivity index (χ3n) is 2.75. The molecule has 1 aliphatic carbocycles. The summed E-state index contributed by atoms with van der Waals surface area (Å²) in [5.74, 6) is 0. The largest absolute Gasteiger partial charge is 0.371 e. The summed E-state index contributed by atoms with van der Waals surface area (Å²) < 4.78 is 5.92. The van der Waals surface area contributed by atoms with E-state index in [9.17, 15) is 0 Å². The fourth-order valence-electron chi connectivity index (χ4n) is 2.18. The van der Waals surface area contributed by atoms with Crippen molar-refractivity contribution in [2.45, 2.75) is 45.3 Å². The van der Waals surface area contributed by atoms with Crippen LogP contribution in [0.5, 0.6) is 0 Å². The van der Waals surface area contributed by atoms with Gasteiger partial charge in [0, 0.05) is 0 Å². The molecule has 1 nitrogen and oxygen atoms in total. The third kappa shape index (κ3) is 1.98. The molecule has 0 fully saturated rings. The maximum Gasteiger partial charge on any atom is 0.0831 e. The number of hydrogen-bond donors (Lipinski definition) is 0. The Labute approximate surface area is 86.1 Å². The second-order valence-electron chi connectivity index (χ2n) is 4.26. The average molecular weight is 190 g/mol.